The van der Waals surface area contributed by atoms with Crippen molar-refractivity contribution in [3.63, 3.8) is 0 Å². The molecule has 1 fully saturated rings. The van der Waals surface area contributed by atoms with Gasteiger partial charge >= 0.3 is 5.38 Å². The zero-order valence-corrected chi connectivity index (χ0v) is 6.50. The molecule has 0 spiro atoms. The van der Waals surface area contributed by atoms with Crippen molar-refractivity contribution >= 4 is 11.6 Å². The van der Waals surface area contributed by atoms with Crippen LogP contribution in [0.1, 0.15) is 32.1 Å². The Labute approximate surface area is 64.6 Å². The van der Waals surface area contributed by atoms with E-state index >= 15 is 0 Å². The van der Waals surface area contributed by atoms with E-state index in [1.165, 1.54) is 0 Å². The summed E-state index contributed by atoms with van der Waals surface area (Å²) in [6.45, 7) is 0. The van der Waals surface area contributed by atoms with Crippen LogP contribution in [-0.4, -0.2) is 5.38 Å². The van der Waals surface area contributed by atoms with Gasteiger partial charge in [-0.2, -0.15) is 8.78 Å². The van der Waals surface area contributed by atoms with Gasteiger partial charge in [0.1, 0.15) is 0 Å². The van der Waals surface area contributed by atoms with Crippen LogP contribution in [0.4, 0.5) is 8.78 Å². The van der Waals surface area contributed by atoms with E-state index < -0.39 is 11.3 Å². The minimum Gasteiger partial charge on any atom is -0.188 e. The van der Waals surface area contributed by atoms with Crippen molar-refractivity contribution in [2.75, 3.05) is 0 Å². The second-order valence-corrected chi connectivity index (χ2v) is 3.38. The summed E-state index contributed by atoms with van der Waals surface area (Å²) in [5.41, 5.74) is 0. The molecule has 0 nitrogen and oxygen atoms in total. The summed E-state index contributed by atoms with van der Waals surface area (Å²) in [4.78, 5) is 0. The van der Waals surface area contributed by atoms with E-state index in [9.17, 15) is 8.78 Å². The summed E-state index contributed by atoms with van der Waals surface area (Å²) in [5, 5.41) is -2.96. The summed E-state index contributed by atoms with van der Waals surface area (Å²) in [6, 6.07) is 0. The van der Waals surface area contributed by atoms with E-state index in [-0.39, 0.29) is 0 Å². The average molecular weight is 169 g/mol. The molecule has 1 saturated carbocycles. The summed E-state index contributed by atoms with van der Waals surface area (Å²) >= 11 is 4.88. The highest BCUT2D eigenvalue weighted by Crippen LogP contribution is 2.38. The van der Waals surface area contributed by atoms with Gasteiger partial charge in [0.2, 0.25) is 0 Å². The second kappa shape index (κ2) is 3.04. The summed E-state index contributed by atoms with van der Waals surface area (Å²) in [7, 11) is 0. The van der Waals surface area contributed by atoms with Crippen molar-refractivity contribution in [1.29, 1.82) is 0 Å². The fourth-order valence-electron chi connectivity index (χ4n) is 1.43. The van der Waals surface area contributed by atoms with Crippen molar-refractivity contribution in [2.45, 2.75) is 37.5 Å². The summed E-state index contributed by atoms with van der Waals surface area (Å²) in [6.07, 6.45) is 4.09. The van der Waals surface area contributed by atoms with Gasteiger partial charge in [0.15, 0.2) is 0 Å². The maximum Gasteiger partial charge on any atom is 0.324 e. The molecule has 0 aromatic carbocycles. The normalized spacial score (nSPS) is 23.1. The minimum atomic E-state index is -2.96. The molecule has 0 radical (unpaired) electrons. The quantitative estimate of drug-likeness (QED) is 0.527. The van der Waals surface area contributed by atoms with Gasteiger partial charge in [-0.05, 0) is 24.4 Å². The van der Waals surface area contributed by atoms with Crippen molar-refractivity contribution in [3.8, 4) is 0 Å². The molecular formula is C7H11ClF2. The Hall–Kier alpha value is 0.150. The Kier molecular flexibility index (Phi) is 2.50. The van der Waals surface area contributed by atoms with E-state index in [4.69, 9.17) is 11.6 Å². The lowest BCUT2D eigenvalue weighted by atomic mass is 9.89. The Bertz CT molecular complexity index is 103. The molecule has 0 amide bonds. The molecule has 0 N–H and O–H groups in total. The van der Waals surface area contributed by atoms with Crippen LogP contribution in [0.2, 0.25) is 0 Å². The van der Waals surface area contributed by atoms with Crippen molar-refractivity contribution in [2.24, 2.45) is 5.92 Å². The largest absolute Gasteiger partial charge is 0.324 e. The summed E-state index contributed by atoms with van der Waals surface area (Å²) < 4.78 is 24.7. The lowest BCUT2D eigenvalue weighted by molar-refractivity contribution is 0.0111. The van der Waals surface area contributed by atoms with Gasteiger partial charge in [-0.3, -0.25) is 0 Å². The molecule has 0 heterocycles. The fourth-order valence-corrected chi connectivity index (χ4v) is 1.65. The van der Waals surface area contributed by atoms with Crippen LogP contribution in [0.5, 0.6) is 0 Å². The van der Waals surface area contributed by atoms with E-state index in [0.29, 0.717) is 12.8 Å². The Morgan fingerprint density at radius 3 is 1.90 bits per heavy atom. The van der Waals surface area contributed by atoms with Crippen LogP contribution < -0.4 is 0 Å². The molecule has 0 aliphatic heterocycles. The third-order valence-corrected chi connectivity index (χ3v) is 2.38. The van der Waals surface area contributed by atoms with Gasteiger partial charge in [0.05, 0.1) is 0 Å². The highest BCUT2D eigenvalue weighted by Gasteiger charge is 2.37. The molecule has 0 saturated heterocycles. The molecule has 1 aliphatic carbocycles. The second-order valence-electron chi connectivity index (χ2n) is 2.88. The predicted octanol–water partition coefficient (Wildman–Crippen LogP) is 3.40. The lowest BCUT2D eigenvalue weighted by Crippen LogP contribution is -2.23. The fraction of sp³-hybridized carbons (Fsp3) is 1.00. The predicted molar refractivity (Wildman–Crippen MR) is 37.4 cm³/mol. The van der Waals surface area contributed by atoms with Crippen molar-refractivity contribution in [3.05, 3.63) is 0 Å². The van der Waals surface area contributed by atoms with E-state index in [1.54, 1.807) is 0 Å². The topological polar surface area (TPSA) is 0 Å². The number of hydrogen-bond acceptors (Lipinski definition) is 0. The zero-order valence-electron chi connectivity index (χ0n) is 5.75. The van der Waals surface area contributed by atoms with Crippen LogP contribution in [0, 0.1) is 5.92 Å². The van der Waals surface area contributed by atoms with Crippen LogP contribution in [0.15, 0.2) is 0 Å². The summed E-state index contributed by atoms with van der Waals surface area (Å²) in [5.74, 6) is -0.567. The number of halogens is 3. The van der Waals surface area contributed by atoms with Crippen molar-refractivity contribution < 1.29 is 8.78 Å². The maximum absolute atomic E-state index is 12.4. The Morgan fingerprint density at radius 1 is 1.10 bits per heavy atom. The molecule has 0 aromatic heterocycles. The average Bonchev–Trinajstić information content (AvgIpc) is 1.88. The zero-order chi connectivity index (χ0) is 7.61. The molecule has 0 atom stereocenters. The van der Waals surface area contributed by atoms with Crippen molar-refractivity contribution in [1.82, 2.24) is 0 Å². The first-order chi connectivity index (χ1) is 4.61. The highest BCUT2D eigenvalue weighted by atomic mass is 35.5. The van der Waals surface area contributed by atoms with E-state index in [1.807, 2.05) is 0 Å². The van der Waals surface area contributed by atoms with E-state index in [2.05, 4.69) is 0 Å². The van der Waals surface area contributed by atoms with Gasteiger partial charge < -0.3 is 0 Å². The molecule has 3 heteroatoms. The Morgan fingerprint density at radius 2 is 1.60 bits per heavy atom. The SMILES string of the molecule is FC(F)(Cl)C1CCCCC1. The maximum atomic E-state index is 12.4. The number of hydrogen-bond donors (Lipinski definition) is 0. The third-order valence-electron chi connectivity index (χ3n) is 2.07. The van der Waals surface area contributed by atoms with Crippen LogP contribution in [-0.2, 0) is 0 Å². The van der Waals surface area contributed by atoms with E-state index in [0.717, 1.165) is 19.3 Å². The Balaban J connectivity index is 2.39. The van der Waals surface area contributed by atoms with Gasteiger partial charge in [0, 0.05) is 5.92 Å². The first-order valence-electron chi connectivity index (χ1n) is 3.67. The standard InChI is InChI=1S/C7H11ClF2/c8-7(9,10)6-4-2-1-3-5-6/h6H,1-5H2. The first kappa shape index (κ1) is 8.25. The lowest BCUT2D eigenvalue weighted by Gasteiger charge is -2.24. The van der Waals surface area contributed by atoms with Crippen LogP contribution in [0.25, 0.3) is 0 Å². The molecule has 0 unspecified atom stereocenters. The van der Waals surface area contributed by atoms with Crippen LogP contribution >= 0.6 is 11.6 Å². The number of rotatable bonds is 1. The minimum absolute atomic E-state index is 0.567. The smallest absolute Gasteiger partial charge is 0.188 e. The van der Waals surface area contributed by atoms with Gasteiger partial charge in [-0.15, -0.1) is 0 Å². The molecule has 10 heavy (non-hydrogen) atoms. The molecule has 0 aromatic rings. The van der Waals surface area contributed by atoms with Crippen LogP contribution in [0.3, 0.4) is 0 Å². The molecular weight excluding hydrogens is 158 g/mol. The molecule has 60 valence electrons. The van der Waals surface area contributed by atoms with Gasteiger partial charge in [0.25, 0.3) is 0 Å². The first-order valence-corrected chi connectivity index (χ1v) is 4.05. The van der Waals surface area contributed by atoms with Gasteiger partial charge in [-0.1, -0.05) is 19.3 Å². The molecule has 1 aliphatic rings. The highest BCUT2D eigenvalue weighted by molar-refractivity contribution is 6.21. The number of alkyl halides is 3. The van der Waals surface area contributed by atoms with Gasteiger partial charge in [-0.25, -0.2) is 0 Å². The third kappa shape index (κ3) is 2.08. The molecule has 1 rings (SSSR count). The monoisotopic (exact) mass is 168 g/mol. The molecule has 0 bridgehead atoms.